The van der Waals surface area contributed by atoms with Crippen molar-refractivity contribution >= 4 is 0 Å². The molecule has 8 N–H and O–H groups in total. The van der Waals surface area contributed by atoms with E-state index in [0.29, 0.717) is 6.61 Å². The lowest BCUT2D eigenvalue weighted by atomic mass is 9.72. The summed E-state index contributed by atoms with van der Waals surface area (Å²) in [6.45, 7) is 9.06. The van der Waals surface area contributed by atoms with Crippen molar-refractivity contribution in [1.82, 2.24) is 0 Å². The van der Waals surface area contributed by atoms with Gasteiger partial charge in [-0.2, -0.15) is 0 Å². The summed E-state index contributed by atoms with van der Waals surface area (Å²) >= 11 is 0. The van der Waals surface area contributed by atoms with Gasteiger partial charge in [0.2, 0.25) is 0 Å². The molecule has 57 heavy (non-hydrogen) atoms. The Hall–Kier alpha value is -0.760. The van der Waals surface area contributed by atoms with Crippen LogP contribution in [0.3, 0.4) is 0 Å². The van der Waals surface area contributed by atoms with Crippen molar-refractivity contribution in [3.05, 3.63) is 0 Å². The Morgan fingerprint density at radius 3 is 1.28 bits per heavy atom. The highest BCUT2D eigenvalue weighted by molar-refractivity contribution is 5.12. The number of hydrogen-bond acceptors (Lipinski definition) is 19. The summed E-state index contributed by atoms with van der Waals surface area (Å²) < 4.78 is 65.6. The molecule has 20 atom stereocenters. The zero-order valence-electron chi connectivity index (χ0n) is 34.2. The van der Waals surface area contributed by atoms with Crippen molar-refractivity contribution in [2.75, 3.05) is 80.3 Å². The van der Waals surface area contributed by atoms with Crippen LogP contribution in [0, 0.1) is 10.8 Å². The van der Waals surface area contributed by atoms with E-state index in [1.807, 2.05) is 13.8 Å². The summed E-state index contributed by atoms with van der Waals surface area (Å²) in [5.41, 5.74) is -6.89. The molecule has 6 fully saturated rings. The van der Waals surface area contributed by atoms with Gasteiger partial charge in [0.25, 0.3) is 0 Å². The summed E-state index contributed by atoms with van der Waals surface area (Å²) in [6, 6.07) is 0. The number of aliphatic hydroxyl groups excluding tert-OH is 8. The highest BCUT2D eigenvalue weighted by Crippen LogP contribution is 2.50. The van der Waals surface area contributed by atoms with E-state index in [-0.39, 0.29) is 46.2 Å². The molecule has 0 aromatic rings. The van der Waals surface area contributed by atoms with Crippen LogP contribution in [0.4, 0.5) is 0 Å². The minimum Gasteiger partial charge on any atom is -0.394 e. The lowest BCUT2D eigenvalue weighted by molar-refractivity contribution is -0.311. The van der Waals surface area contributed by atoms with E-state index in [2.05, 4.69) is 0 Å². The van der Waals surface area contributed by atoms with Crippen LogP contribution < -0.4 is 0 Å². The van der Waals surface area contributed by atoms with Gasteiger partial charge in [0.15, 0.2) is 0 Å². The first-order valence-electron chi connectivity index (χ1n) is 19.7. The fraction of sp³-hybridized carbons (Fsp3) is 1.00. The van der Waals surface area contributed by atoms with E-state index in [0.717, 1.165) is 0 Å². The minimum atomic E-state index is -1.49. The van der Waals surface area contributed by atoms with Gasteiger partial charge in [0.1, 0.15) is 83.4 Å². The van der Waals surface area contributed by atoms with Crippen LogP contribution in [0.2, 0.25) is 0 Å². The van der Waals surface area contributed by atoms with Crippen LogP contribution in [0.15, 0.2) is 0 Å². The molecule has 19 nitrogen and oxygen atoms in total. The van der Waals surface area contributed by atoms with Gasteiger partial charge in [-0.3, -0.25) is 0 Å². The Bertz CT molecular complexity index is 1360. The summed E-state index contributed by atoms with van der Waals surface area (Å²) in [5.74, 6) is 0. The van der Waals surface area contributed by atoms with Gasteiger partial charge in [0.05, 0.1) is 90.5 Å². The maximum Gasteiger partial charge on any atom is 0.118 e. The van der Waals surface area contributed by atoms with E-state index in [1.54, 1.807) is 34.8 Å². The fourth-order valence-corrected chi connectivity index (χ4v) is 9.74. The molecule has 6 aliphatic heterocycles. The summed E-state index contributed by atoms with van der Waals surface area (Å²) in [6.07, 6.45) is -15.1. The molecule has 0 aromatic carbocycles. The molecule has 6 heterocycles. The molecule has 0 radical (unpaired) electrons. The molecule has 6 saturated heterocycles. The monoisotopic (exact) mass is 826 g/mol. The lowest BCUT2D eigenvalue weighted by Gasteiger charge is -2.52. The Morgan fingerprint density at radius 1 is 0.491 bits per heavy atom. The molecule has 332 valence electrons. The molecule has 0 spiro atoms. The van der Waals surface area contributed by atoms with Gasteiger partial charge in [-0.25, -0.2) is 0 Å². The van der Waals surface area contributed by atoms with Crippen LogP contribution in [-0.2, 0) is 52.1 Å². The summed E-state index contributed by atoms with van der Waals surface area (Å²) in [4.78, 5) is 0. The number of fused-ring (bicyclic) bond motifs is 4. The van der Waals surface area contributed by atoms with Crippen LogP contribution in [0.1, 0.15) is 41.5 Å². The number of aliphatic hydroxyl groups is 8. The zero-order chi connectivity index (χ0) is 41.9. The molecular formula is C38H66O19. The van der Waals surface area contributed by atoms with E-state index in [9.17, 15) is 40.9 Å². The molecule has 4 bridgehead atoms. The van der Waals surface area contributed by atoms with Crippen LogP contribution >= 0.6 is 0 Å². The largest absolute Gasteiger partial charge is 0.394 e. The third-order valence-electron chi connectivity index (χ3n) is 13.6. The Balaban J connectivity index is 1.08. The van der Waals surface area contributed by atoms with Crippen molar-refractivity contribution < 1.29 is 93.0 Å². The Labute approximate surface area is 333 Å². The van der Waals surface area contributed by atoms with Crippen molar-refractivity contribution in [3.8, 4) is 0 Å². The summed E-state index contributed by atoms with van der Waals surface area (Å²) in [5, 5.41) is 88.0. The standard InChI is InChI=1S/C38H66O19/c1-33(13-47-7)21-11-50-31(33)29(45)37(5,56-21)17-53-26-24(42)20(10-40)55-36(4,28(26)44)16-49-14-34(2)22-12-51-32(34)30(46)38(6,57-22)18-52-25-23(41)19(9-39)54-35(3,15-48-8)27(25)43/h19-32,39-46H,9-18H2,1-8H3. The van der Waals surface area contributed by atoms with Crippen LogP contribution in [0.25, 0.3) is 0 Å². The molecule has 6 rings (SSSR count). The van der Waals surface area contributed by atoms with Gasteiger partial charge in [-0.05, 0) is 27.7 Å². The van der Waals surface area contributed by atoms with E-state index >= 15 is 0 Å². The van der Waals surface area contributed by atoms with Crippen molar-refractivity contribution in [2.45, 2.75) is 149 Å². The third-order valence-corrected chi connectivity index (χ3v) is 13.6. The Kier molecular flexibility index (Phi) is 13.5. The first-order valence-corrected chi connectivity index (χ1v) is 19.7. The fourth-order valence-electron chi connectivity index (χ4n) is 9.74. The second-order valence-electron chi connectivity index (χ2n) is 18.3. The molecule has 0 amide bonds. The smallest absolute Gasteiger partial charge is 0.118 e. The van der Waals surface area contributed by atoms with Crippen LogP contribution in [0.5, 0.6) is 0 Å². The maximum absolute atomic E-state index is 11.7. The third kappa shape index (κ3) is 7.85. The van der Waals surface area contributed by atoms with Gasteiger partial charge in [-0.1, -0.05) is 13.8 Å². The molecule has 0 aromatic heterocycles. The quantitative estimate of drug-likeness (QED) is 0.0756. The van der Waals surface area contributed by atoms with E-state index in [1.165, 1.54) is 7.11 Å². The van der Waals surface area contributed by atoms with Crippen molar-refractivity contribution in [2.24, 2.45) is 10.8 Å². The predicted octanol–water partition coefficient (Wildman–Crippen LogP) is -3.34. The highest BCUT2D eigenvalue weighted by Gasteiger charge is 2.65. The molecule has 0 aliphatic carbocycles. The normalized spacial score (nSPS) is 53.7. The predicted molar refractivity (Wildman–Crippen MR) is 193 cm³/mol. The first kappa shape index (κ1) is 45.8. The number of methoxy groups -OCH3 is 2. The molecule has 19 heteroatoms. The zero-order valence-corrected chi connectivity index (χ0v) is 34.2. The van der Waals surface area contributed by atoms with Crippen molar-refractivity contribution in [1.29, 1.82) is 0 Å². The average molecular weight is 827 g/mol. The highest BCUT2D eigenvalue weighted by atomic mass is 16.6. The molecule has 6 aliphatic rings. The minimum absolute atomic E-state index is 0.0219. The van der Waals surface area contributed by atoms with E-state index < -0.39 is 132 Å². The van der Waals surface area contributed by atoms with Gasteiger partial charge < -0.3 is 93.0 Å². The second kappa shape index (κ2) is 16.8. The average Bonchev–Trinajstić information content (AvgIpc) is 3.53. The van der Waals surface area contributed by atoms with E-state index in [4.69, 9.17) is 52.1 Å². The number of hydrogen-bond donors (Lipinski definition) is 8. The number of ether oxygens (including phenoxy) is 11. The molecule has 0 saturated carbocycles. The number of rotatable bonds is 16. The van der Waals surface area contributed by atoms with Gasteiger partial charge in [0, 0.05) is 25.0 Å². The lowest BCUT2D eigenvalue weighted by Crippen LogP contribution is -2.69. The summed E-state index contributed by atoms with van der Waals surface area (Å²) in [7, 11) is 3.01. The van der Waals surface area contributed by atoms with Crippen molar-refractivity contribution in [3.63, 3.8) is 0 Å². The van der Waals surface area contributed by atoms with Gasteiger partial charge in [-0.15, -0.1) is 0 Å². The topological polar surface area (TPSA) is 263 Å². The SMILES string of the molecule is COCC1(C)OC(CO)C(O)C(OCC2(C)OC3COC(C2O)C3(C)COCC2(C)OC(CO)C(O)C(OCC3(C)OC4COC(C3O)C4(C)COC)C2O)C1O. The second-order valence-corrected chi connectivity index (χ2v) is 18.3. The molecular weight excluding hydrogens is 760 g/mol. The molecule has 20 unspecified atom stereocenters. The first-order chi connectivity index (χ1) is 26.7. The van der Waals surface area contributed by atoms with Crippen LogP contribution in [-0.4, -0.2) is 229 Å². The maximum atomic E-state index is 11.7. The Morgan fingerprint density at radius 2 is 0.877 bits per heavy atom. The van der Waals surface area contributed by atoms with Gasteiger partial charge >= 0.3 is 0 Å².